The summed E-state index contributed by atoms with van der Waals surface area (Å²) in [6.07, 6.45) is 4.52. The topological polar surface area (TPSA) is 49.3 Å². The highest BCUT2D eigenvalue weighted by atomic mass is 16.3. The number of aryl methyl sites for hydroxylation is 1. The summed E-state index contributed by atoms with van der Waals surface area (Å²) in [6.45, 7) is 4.02. The second kappa shape index (κ2) is 6.40. The molecule has 110 valence electrons. The maximum Gasteiger partial charge on any atom is 0.228 e. The van der Waals surface area contributed by atoms with E-state index in [9.17, 15) is 9.90 Å². The fourth-order valence-corrected chi connectivity index (χ4v) is 3.06. The Balaban J connectivity index is 2.19. The van der Waals surface area contributed by atoms with E-state index >= 15 is 0 Å². The number of fused-ring (bicyclic) bond motifs is 1. The number of nitrogens with one attached hydrogen (secondary N) is 1. The minimum absolute atomic E-state index is 0.000106. The summed E-state index contributed by atoms with van der Waals surface area (Å²) in [5.41, 5.74) is 1.99. The van der Waals surface area contributed by atoms with Crippen molar-refractivity contribution in [2.24, 2.45) is 0 Å². The van der Waals surface area contributed by atoms with Gasteiger partial charge in [0.2, 0.25) is 5.91 Å². The van der Waals surface area contributed by atoms with E-state index < -0.39 is 5.54 Å². The molecular formula is C17H25NO2. The van der Waals surface area contributed by atoms with Crippen LogP contribution in [-0.2, 0) is 11.2 Å². The Labute approximate surface area is 121 Å². The van der Waals surface area contributed by atoms with Crippen molar-refractivity contribution in [1.82, 2.24) is 5.32 Å². The van der Waals surface area contributed by atoms with Crippen LogP contribution in [0.2, 0.25) is 0 Å². The summed E-state index contributed by atoms with van der Waals surface area (Å²) in [4.78, 5) is 12.6. The molecule has 1 aliphatic carbocycles. The average Bonchev–Trinajstić information content (AvgIpc) is 2.52. The van der Waals surface area contributed by atoms with Crippen molar-refractivity contribution in [3.05, 3.63) is 35.4 Å². The van der Waals surface area contributed by atoms with E-state index in [-0.39, 0.29) is 18.4 Å². The Hall–Kier alpha value is -1.35. The highest BCUT2D eigenvalue weighted by molar-refractivity contribution is 5.85. The summed E-state index contributed by atoms with van der Waals surface area (Å²) in [7, 11) is 0. The van der Waals surface area contributed by atoms with E-state index in [2.05, 4.69) is 17.4 Å². The predicted molar refractivity (Wildman–Crippen MR) is 80.7 cm³/mol. The van der Waals surface area contributed by atoms with E-state index in [1.807, 2.05) is 26.0 Å². The fraction of sp³-hybridized carbons (Fsp3) is 0.588. The largest absolute Gasteiger partial charge is 0.394 e. The van der Waals surface area contributed by atoms with Gasteiger partial charge in [-0.3, -0.25) is 4.79 Å². The quantitative estimate of drug-likeness (QED) is 0.868. The Morgan fingerprint density at radius 1 is 1.35 bits per heavy atom. The first-order valence-corrected chi connectivity index (χ1v) is 7.66. The third kappa shape index (κ3) is 2.88. The summed E-state index contributed by atoms with van der Waals surface area (Å²) >= 11 is 0. The molecule has 1 atom stereocenters. The third-order valence-electron chi connectivity index (χ3n) is 4.73. The van der Waals surface area contributed by atoms with Crippen LogP contribution in [0.4, 0.5) is 0 Å². The van der Waals surface area contributed by atoms with Gasteiger partial charge < -0.3 is 10.4 Å². The van der Waals surface area contributed by atoms with Gasteiger partial charge in [-0.05, 0) is 43.2 Å². The molecule has 3 nitrogen and oxygen atoms in total. The highest BCUT2D eigenvalue weighted by Crippen LogP contribution is 2.32. The van der Waals surface area contributed by atoms with Crippen molar-refractivity contribution < 1.29 is 9.90 Å². The Bertz CT molecular complexity index is 458. The molecule has 1 aliphatic rings. The number of aliphatic hydroxyl groups is 1. The van der Waals surface area contributed by atoms with Crippen LogP contribution in [0.25, 0.3) is 0 Å². The standard InChI is InChI=1S/C17H25NO2/c1-3-17(4-2,12-19)18-16(20)15-11-7-9-13-8-5-6-10-14(13)15/h5-6,8,10,15,19H,3-4,7,9,11-12H2,1-2H3,(H,18,20). The van der Waals surface area contributed by atoms with Crippen molar-refractivity contribution in [2.75, 3.05) is 6.61 Å². The Morgan fingerprint density at radius 3 is 2.70 bits per heavy atom. The van der Waals surface area contributed by atoms with Crippen molar-refractivity contribution in [3.8, 4) is 0 Å². The predicted octanol–water partition coefficient (Wildman–Crippen LogP) is 2.77. The lowest BCUT2D eigenvalue weighted by Crippen LogP contribution is -2.52. The molecule has 2 rings (SSSR count). The van der Waals surface area contributed by atoms with E-state index in [1.165, 1.54) is 5.56 Å². The van der Waals surface area contributed by atoms with Gasteiger partial charge in [-0.25, -0.2) is 0 Å². The molecular weight excluding hydrogens is 250 g/mol. The zero-order chi connectivity index (χ0) is 14.6. The first kappa shape index (κ1) is 15.0. The SMILES string of the molecule is CCC(CC)(CO)NC(=O)C1CCCc2ccccc21. The molecule has 0 saturated heterocycles. The molecule has 1 unspecified atom stereocenters. The Morgan fingerprint density at radius 2 is 2.05 bits per heavy atom. The second-order valence-electron chi connectivity index (χ2n) is 5.78. The molecule has 0 heterocycles. The summed E-state index contributed by atoms with van der Waals surface area (Å²) in [6, 6.07) is 8.23. The first-order valence-electron chi connectivity index (χ1n) is 7.66. The molecule has 0 spiro atoms. The third-order valence-corrected chi connectivity index (χ3v) is 4.73. The van der Waals surface area contributed by atoms with E-state index in [0.717, 1.165) is 37.7 Å². The number of benzene rings is 1. The zero-order valence-electron chi connectivity index (χ0n) is 12.5. The lowest BCUT2D eigenvalue weighted by molar-refractivity contribution is -0.125. The number of hydrogen-bond donors (Lipinski definition) is 2. The van der Waals surface area contributed by atoms with Crippen molar-refractivity contribution in [3.63, 3.8) is 0 Å². The number of rotatable bonds is 5. The van der Waals surface area contributed by atoms with Crippen molar-refractivity contribution in [1.29, 1.82) is 0 Å². The van der Waals surface area contributed by atoms with Crippen molar-refractivity contribution >= 4 is 5.91 Å². The van der Waals surface area contributed by atoms with Crippen LogP contribution in [-0.4, -0.2) is 23.2 Å². The molecule has 1 aromatic rings. The summed E-state index contributed by atoms with van der Waals surface area (Å²) in [5.74, 6) is -0.00104. The number of carbonyl (C=O) groups excluding carboxylic acids is 1. The van der Waals surface area contributed by atoms with Gasteiger partial charge in [-0.1, -0.05) is 38.1 Å². The number of hydrogen-bond acceptors (Lipinski definition) is 2. The van der Waals surface area contributed by atoms with Gasteiger partial charge in [0.15, 0.2) is 0 Å². The fourth-order valence-electron chi connectivity index (χ4n) is 3.06. The number of carbonyl (C=O) groups is 1. The van der Waals surface area contributed by atoms with Gasteiger partial charge in [-0.2, -0.15) is 0 Å². The Kier molecular flexibility index (Phi) is 4.81. The molecule has 0 aliphatic heterocycles. The lowest BCUT2D eigenvalue weighted by Gasteiger charge is -2.34. The maximum absolute atomic E-state index is 12.6. The van der Waals surface area contributed by atoms with Crippen LogP contribution in [0.1, 0.15) is 56.6 Å². The minimum Gasteiger partial charge on any atom is -0.394 e. The summed E-state index contributed by atoms with van der Waals surface area (Å²) < 4.78 is 0. The zero-order valence-corrected chi connectivity index (χ0v) is 12.5. The highest BCUT2D eigenvalue weighted by Gasteiger charge is 2.32. The number of amides is 1. The molecule has 0 saturated carbocycles. The summed E-state index contributed by atoms with van der Waals surface area (Å²) in [5, 5.41) is 12.7. The van der Waals surface area contributed by atoms with Crippen LogP contribution in [0.15, 0.2) is 24.3 Å². The van der Waals surface area contributed by atoms with Crippen LogP contribution < -0.4 is 5.32 Å². The molecule has 1 amide bonds. The van der Waals surface area contributed by atoms with Gasteiger partial charge in [0, 0.05) is 0 Å². The van der Waals surface area contributed by atoms with Gasteiger partial charge >= 0.3 is 0 Å². The first-order chi connectivity index (χ1) is 9.65. The van der Waals surface area contributed by atoms with Crippen LogP contribution in [0.3, 0.4) is 0 Å². The second-order valence-corrected chi connectivity index (χ2v) is 5.78. The average molecular weight is 275 g/mol. The maximum atomic E-state index is 12.6. The van der Waals surface area contributed by atoms with E-state index in [1.54, 1.807) is 0 Å². The molecule has 0 radical (unpaired) electrons. The van der Waals surface area contributed by atoms with Gasteiger partial charge in [0.1, 0.15) is 0 Å². The van der Waals surface area contributed by atoms with Gasteiger partial charge in [-0.15, -0.1) is 0 Å². The molecule has 20 heavy (non-hydrogen) atoms. The monoisotopic (exact) mass is 275 g/mol. The molecule has 0 bridgehead atoms. The van der Waals surface area contributed by atoms with Crippen LogP contribution >= 0.6 is 0 Å². The normalized spacial score (nSPS) is 18.4. The molecule has 1 aromatic carbocycles. The lowest BCUT2D eigenvalue weighted by atomic mass is 9.81. The molecule has 0 aromatic heterocycles. The van der Waals surface area contributed by atoms with E-state index in [4.69, 9.17) is 0 Å². The smallest absolute Gasteiger partial charge is 0.228 e. The van der Waals surface area contributed by atoms with Crippen molar-refractivity contribution in [2.45, 2.75) is 57.4 Å². The molecule has 3 heteroatoms. The van der Waals surface area contributed by atoms with Crippen LogP contribution in [0.5, 0.6) is 0 Å². The van der Waals surface area contributed by atoms with Gasteiger partial charge in [0.25, 0.3) is 0 Å². The van der Waals surface area contributed by atoms with E-state index in [0.29, 0.717) is 0 Å². The van der Waals surface area contributed by atoms with Crippen LogP contribution in [0, 0.1) is 0 Å². The molecule has 0 fully saturated rings. The molecule has 2 N–H and O–H groups in total. The van der Waals surface area contributed by atoms with Gasteiger partial charge in [0.05, 0.1) is 18.1 Å². The number of aliphatic hydroxyl groups excluding tert-OH is 1. The minimum atomic E-state index is -0.469.